The van der Waals surface area contributed by atoms with Crippen molar-refractivity contribution in [3.8, 4) is 11.1 Å². The average Bonchev–Trinajstić information content (AvgIpc) is 3.70. The molecule has 47 heavy (non-hydrogen) atoms. The van der Waals surface area contributed by atoms with Crippen LogP contribution in [0.1, 0.15) is 19.4 Å². The first-order valence-corrected chi connectivity index (χ1v) is 18.0. The van der Waals surface area contributed by atoms with Gasteiger partial charge >= 0.3 is 0 Å². The molecule has 0 saturated carbocycles. The molecule has 0 atom stereocenters. The minimum absolute atomic E-state index is 0.222. The number of pyridine rings is 1. The van der Waals surface area contributed by atoms with Gasteiger partial charge in [0.25, 0.3) is 10.0 Å². The van der Waals surface area contributed by atoms with Crippen molar-refractivity contribution in [1.82, 2.24) is 18.7 Å². The van der Waals surface area contributed by atoms with E-state index in [0.29, 0.717) is 5.65 Å². The molecule has 4 aromatic carbocycles. The molecule has 0 N–H and O–H groups in total. The van der Waals surface area contributed by atoms with Crippen LogP contribution in [-0.2, 0) is 17.1 Å². The van der Waals surface area contributed by atoms with E-state index >= 15 is 0 Å². The van der Waals surface area contributed by atoms with Crippen molar-refractivity contribution in [2.24, 2.45) is 7.05 Å². The summed E-state index contributed by atoms with van der Waals surface area (Å²) in [6, 6.07) is 42.7. The van der Waals surface area contributed by atoms with Gasteiger partial charge in [-0.3, -0.25) is 4.68 Å². The van der Waals surface area contributed by atoms with Gasteiger partial charge in [0.05, 0.1) is 11.1 Å². The van der Waals surface area contributed by atoms with Gasteiger partial charge in [0, 0.05) is 42.2 Å². The molecule has 7 rings (SSSR count). The Morgan fingerprint density at radius 1 is 0.702 bits per heavy atom. The molecular formula is C39H35N4O2PS. The Balaban J connectivity index is 0.000000177. The van der Waals surface area contributed by atoms with Gasteiger partial charge in [0.2, 0.25) is 0 Å². The molecule has 0 fully saturated rings. The van der Waals surface area contributed by atoms with E-state index in [-0.39, 0.29) is 4.90 Å². The van der Waals surface area contributed by atoms with Crippen LogP contribution in [0.4, 0.5) is 0 Å². The lowest BCUT2D eigenvalue weighted by Crippen LogP contribution is -2.20. The highest BCUT2D eigenvalue weighted by Crippen LogP contribution is 2.33. The highest BCUT2D eigenvalue weighted by atomic mass is 32.2. The largest absolute Gasteiger partial charge is 0.275 e. The number of benzene rings is 4. The maximum atomic E-state index is 13.3. The van der Waals surface area contributed by atoms with E-state index in [2.05, 4.69) is 101 Å². The second-order valence-corrected chi connectivity index (χ2v) is 15.3. The third-order valence-corrected chi connectivity index (χ3v) is 11.6. The lowest BCUT2D eigenvalue weighted by Gasteiger charge is -2.18. The Morgan fingerprint density at radius 3 is 1.68 bits per heavy atom. The maximum absolute atomic E-state index is 13.3. The molecule has 0 unspecified atom stereocenters. The van der Waals surface area contributed by atoms with Gasteiger partial charge in [0.1, 0.15) is 0 Å². The number of hydrogen-bond donors (Lipinski definition) is 0. The van der Waals surface area contributed by atoms with Crippen LogP contribution >= 0.6 is 7.92 Å². The topological polar surface area (TPSA) is 69.8 Å². The average molecular weight is 655 g/mol. The third kappa shape index (κ3) is 7.17. The van der Waals surface area contributed by atoms with Gasteiger partial charge in [0.15, 0.2) is 5.65 Å². The SMILES string of the molecule is CC(C)=Cc1cnc2c(c1)c(-c1cnn(C)c1)cn2S(=O)(=O)c1ccccc1.c1ccc(P(c2ccccc2)c2ccccc2)cc1. The van der Waals surface area contributed by atoms with Crippen molar-refractivity contribution >= 4 is 51.0 Å². The zero-order valence-electron chi connectivity index (χ0n) is 26.5. The van der Waals surface area contributed by atoms with Crippen molar-refractivity contribution in [3.05, 3.63) is 163 Å². The predicted molar refractivity (Wildman–Crippen MR) is 195 cm³/mol. The Labute approximate surface area is 277 Å². The number of allylic oxidation sites excluding steroid dienone is 1. The minimum Gasteiger partial charge on any atom is -0.275 e. The summed E-state index contributed by atoms with van der Waals surface area (Å²) in [4.78, 5) is 4.71. The minimum atomic E-state index is -3.77. The molecule has 0 radical (unpaired) electrons. The lowest BCUT2D eigenvalue weighted by molar-refractivity contribution is 0.589. The summed E-state index contributed by atoms with van der Waals surface area (Å²) in [5.41, 5.74) is 4.08. The van der Waals surface area contributed by atoms with Crippen LogP contribution < -0.4 is 15.9 Å². The highest BCUT2D eigenvalue weighted by molar-refractivity contribution is 7.90. The van der Waals surface area contributed by atoms with E-state index in [0.717, 1.165) is 27.6 Å². The fourth-order valence-electron chi connectivity index (χ4n) is 5.37. The predicted octanol–water partition coefficient (Wildman–Crippen LogP) is 7.54. The number of nitrogens with zero attached hydrogens (tertiary/aromatic N) is 4. The molecule has 0 amide bonds. The maximum Gasteiger partial charge on any atom is 0.269 e. The molecule has 7 aromatic rings. The molecule has 3 heterocycles. The van der Waals surface area contributed by atoms with Gasteiger partial charge < -0.3 is 0 Å². The van der Waals surface area contributed by atoms with Crippen LogP contribution in [0.3, 0.4) is 0 Å². The monoisotopic (exact) mass is 654 g/mol. The summed E-state index contributed by atoms with van der Waals surface area (Å²) in [6.07, 6.45) is 8.93. The van der Waals surface area contributed by atoms with E-state index < -0.39 is 17.9 Å². The molecule has 6 nitrogen and oxygen atoms in total. The number of rotatable bonds is 7. The number of aryl methyl sites for hydroxylation is 1. The third-order valence-electron chi connectivity index (χ3n) is 7.45. The second-order valence-electron chi connectivity index (χ2n) is 11.3. The van der Waals surface area contributed by atoms with Crippen molar-refractivity contribution in [2.75, 3.05) is 0 Å². The normalized spacial score (nSPS) is 11.2. The Kier molecular flexibility index (Phi) is 9.58. The van der Waals surface area contributed by atoms with E-state index in [4.69, 9.17) is 0 Å². The van der Waals surface area contributed by atoms with Gasteiger partial charge in [-0.2, -0.15) is 5.10 Å². The van der Waals surface area contributed by atoms with Crippen molar-refractivity contribution < 1.29 is 8.42 Å². The molecule has 0 aliphatic carbocycles. The van der Waals surface area contributed by atoms with Crippen molar-refractivity contribution in [2.45, 2.75) is 18.7 Å². The van der Waals surface area contributed by atoms with Crippen LogP contribution in [-0.4, -0.2) is 27.2 Å². The summed E-state index contributed by atoms with van der Waals surface area (Å²) in [6.45, 7) is 4.02. The van der Waals surface area contributed by atoms with E-state index in [1.807, 2.05) is 39.2 Å². The molecule has 0 bridgehead atoms. The summed E-state index contributed by atoms with van der Waals surface area (Å²) in [7, 11) is -2.39. The van der Waals surface area contributed by atoms with Crippen LogP contribution in [0.15, 0.2) is 163 Å². The Hall–Kier alpha value is -5.10. The fourth-order valence-corrected chi connectivity index (χ4v) is 9.02. The Bertz CT molecular complexity index is 2130. The van der Waals surface area contributed by atoms with Gasteiger partial charge in [-0.15, -0.1) is 0 Å². The molecule has 3 aromatic heterocycles. The lowest BCUT2D eigenvalue weighted by atomic mass is 10.1. The van der Waals surface area contributed by atoms with Crippen molar-refractivity contribution in [1.29, 1.82) is 0 Å². The first-order valence-electron chi connectivity index (χ1n) is 15.2. The zero-order chi connectivity index (χ0) is 32.8. The summed E-state index contributed by atoms with van der Waals surface area (Å²) in [5.74, 6) is 0. The van der Waals surface area contributed by atoms with Crippen LogP contribution in [0.5, 0.6) is 0 Å². The van der Waals surface area contributed by atoms with Crippen LogP contribution in [0.2, 0.25) is 0 Å². The smallest absolute Gasteiger partial charge is 0.269 e. The quantitative estimate of drug-likeness (QED) is 0.167. The number of hydrogen-bond acceptors (Lipinski definition) is 4. The first kappa shape index (κ1) is 31.9. The first-order chi connectivity index (χ1) is 22.8. The molecular weight excluding hydrogens is 619 g/mol. The molecule has 0 saturated heterocycles. The van der Waals surface area contributed by atoms with Crippen molar-refractivity contribution in [3.63, 3.8) is 0 Å². The van der Waals surface area contributed by atoms with E-state index in [1.54, 1.807) is 53.6 Å². The van der Waals surface area contributed by atoms with Crippen LogP contribution in [0, 0.1) is 0 Å². The summed E-state index contributed by atoms with van der Waals surface area (Å²) >= 11 is 0. The Morgan fingerprint density at radius 2 is 1.21 bits per heavy atom. The molecule has 8 heteroatoms. The van der Waals surface area contributed by atoms with Crippen LogP contribution in [0.25, 0.3) is 28.2 Å². The van der Waals surface area contributed by atoms with Gasteiger partial charge in [-0.25, -0.2) is 17.4 Å². The summed E-state index contributed by atoms with van der Waals surface area (Å²) in [5, 5.41) is 9.19. The number of fused-ring (bicyclic) bond motifs is 1. The highest BCUT2D eigenvalue weighted by Gasteiger charge is 2.23. The molecule has 0 spiro atoms. The standard InChI is InChI=1S/C21H20N4O2S.C18H15P/c1-15(2)9-16-10-19-20(17-12-23-24(3)13-17)14-25(21(19)22-11-16)28(26,27)18-7-5-4-6-8-18;1-4-10-16(11-5-1)19(17-12-6-2-7-13-17)18-14-8-3-9-15-18/h4-14H,1-3H3;1-15H. The van der Waals surface area contributed by atoms with E-state index in [9.17, 15) is 8.42 Å². The van der Waals surface area contributed by atoms with Gasteiger partial charge in [-0.1, -0.05) is 121 Å². The molecule has 0 aliphatic heterocycles. The molecule has 234 valence electrons. The molecule has 0 aliphatic rings. The van der Waals surface area contributed by atoms with Gasteiger partial charge in [-0.05, 0) is 61.4 Å². The van der Waals surface area contributed by atoms with E-state index in [1.165, 1.54) is 19.9 Å². The summed E-state index contributed by atoms with van der Waals surface area (Å²) < 4.78 is 29.4. The second kappa shape index (κ2) is 14.1. The zero-order valence-corrected chi connectivity index (χ0v) is 28.2. The fraction of sp³-hybridized carbons (Fsp3) is 0.0769. The number of aromatic nitrogens is 4.